The fraction of sp³-hybridized carbons (Fsp3) is 0.389. The zero-order valence-electron chi connectivity index (χ0n) is 14.8. The number of fused-ring (bicyclic) bond motifs is 1. The molecule has 0 aliphatic carbocycles. The van der Waals surface area contributed by atoms with Crippen LogP contribution in [0.25, 0.3) is 10.9 Å². The molecule has 3 aromatic rings. The minimum atomic E-state index is -0.0685. The van der Waals surface area contributed by atoms with Crippen molar-refractivity contribution in [3.8, 4) is 0 Å². The first-order chi connectivity index (χ1) is 12.5. The lowest BCUT2D eigenvalue weighted by atomic mass is 10.2. The number of benzene rings is 1. The van der Waals surface area contributed by atoms with Gasteiger partial charge in [-0.25, -0.2) is 4.98 Å². The van der Waals surface area contributed by atoms with Crippen LogP contribution in [0.5, 0.6) is 0 Å². The second-order valence-electron chi connectivity index (χ2n) is 6.58. The molecule has 8 heteroatoms. The van der Waals surface area contributed by atoms with E-state index in [1.165, 1.54) is 0 Å². The number of piperazine rings is 1. The standard InChI is InChI=1S/C18H20ClN5O2/c1-11-12(2)26-16(20-11)10-23-5-7-24(8-6-23)18(25)17-14-9-13(19)3-4-15(14)21-22-17/h3-4,9H,5-8,10H2,1-2H3,(H,21,22). The first-order valence-electron chi connectivity index (χ1n) is 8.59. The maximum absolute atomic E-state index is 12.9. The van der Waals surface area contributed by atoms with Gasteiger partial charge in [0.05, 0.1) is 17.8 Å². The van der Waals surface area contributed by atoms with Crippen LogP contribution in [0, 0.1) is 13.8 Å². The highest BCUT2D eigenvalue weighted by molar-refractivity contribution is 6.31. The predicted octanol–water partition coefficient (Wildman–Crippen LogP) is 2.78. The summed E-state index contributed by atoms with van der Waals surface area (Å²) in [5.41, 5.74) is 2.17. The van der Waals surface area contributed by atoms with Crippen molar-refractivity contribution in [3.63, 3.8) is 0 Å². The number of amides is 1. The van der Waals surface area contributed by atoms with Crippen molar-refractivity contribution >= 4 is 28.4 Å². The zero-order chi connectivity index (χ0) is 18.3. The van der Waals surface area contributed by atoms with Crippen LogP contribution in [-0.4, -0.2) is 57.1 Å². The van der Waals surface area contributed by atoms with Gasteiger partial charge in [0.15, 0.2) is 5.69 Å². The lowest BCUT2D eigenvalue weighted by Gasteiger charge is -2.33. The number of hydrogen-bond acceptors (Lipinski definition) is 5. The van der Waals surface area contributed by atoms with Gasteiger partial charge in [-0.15, -0.1) is 0 Å². The van der Waals surface area contributed by atoms with Gasteiger partial charge in [0.1, 0.15) is 5.76 Å². The van der Waals surface area contributed by atoms with Crippen molar-refractivity contribution in [2.24, 2.45) is 0 Å². The maximum Gasteiger partial charge on any atom is 0.275 e. The number of nitrogens with one attached hydrogen (secondary N) is 1. The van der Waals surface area contributed by atoms with Gasteiger partial charge in [-0.05, 0) is 32.0 Å². The monoisotopic (exact) mass is 373 g/mol. The van der Waals surface area contributed by atoms with E-state index in [-0.39, 0.29) is 5.91 Å². The molecule has 136 valence electrons. The third-order valence-electron chi connectivity index (χ3n) is 4.82. The van der Waals surface area contributed by atoms with Crippen LogP contribution >= 0.6 is 11.6 Å². The molecule has 0 spiro atoms. The average molecular weight is 374 g/mol. The van der Waals surface area contributed by atoms with Crippen LogP contribution in [-0.2, 0) is 6.54 Å². The number of aromatic nitrogens is 3. The summed E-state index contributed by atoms with van der Waals surface area (Å²) in [6, 6.07) is 5.39. The highest BCUT2D eigenvalue weighted by atomic mass is 35.5. The molecular weight excluding hydrogens is 354 g/mol. The molecule has 2 aromatic heterocycles. The van der Waals surface area contributed by atoms with E-state index >= 15 is 0 Å². The van der Waals surface area contributed by atoms with Gasteiger partial charge in [-0.2, -0.15) is 5.10 Å². The topological polar surface area (TPSA) is 78.3 Å². The third-order valence-corrected chi connectivity index (χ3v) is 5.05. The smallest absolute Gasteiger partial charge is 0.275 e. The van der Waals surface area contributed by atoms with Crippen LogP contribution in [0.1, 0.15) is 27.8 Å². The fourth-order valence-electron chi connectivity index (χ4n) is 3.21. The molecule has 3 heterocycles. The first-order valence-corrected chi connectivity index (χ1v) is 8.97. The molecule has 1 fully saturated rings. The number of carbonyl (C=O) groups is 1. The SMILES string of the molecule is Cc1nc(CN2CCN(C(=O)c3n[nH]c4ccc(Cl)cc34)CC2)oc1C. The second kappa shape index (κ2) is 6.74. The lowest BCUT2D eigenvalue weighted by Crippen LogP contribution is -2.48. The summed E-state index contributed by atoms with van der Waals surface area (Å²) in [5.74, 6) is 1.52. The van der Waals surface area contributed by atoms with Crippen LogP contribution in [0.3, 0.4) is 0 Å². The molecule has 1 saturated heterocycles. The molecule has 7 nitrogen and oxygen atoms in total. The average Bonchev–Trinajstić information content (AvgIpc) is 3.17. The van der Waals surface area contributed by atoms with Gasteiger partial charge >= 0.3 is 0 Å². The van der Waals surface area contributed by atoms with E-state index in [0.29, 0.717) is 30.4 Å². The van der Waals surface area contributed by atoms with Crippen LogP contribution in [0.15, 0.2) is 22.6 Å². The highest BCUT2D eigenvalue weighted by Gasteiger charge is 2.26. The molecule has 0 atom stereocenters. The normalized spacial score (nSPS) is 15.7. The molecule has 1 aliphatic heterocycles. The third kappa shape index (κ3) is 3.20. The molecule has 0 bridgehead atoms. The molecule has 0 radical (unpaired) electrons. The maximum atomic E-state index is 12.9. The van der Waals surface area contributed by atoms with Crippen molar-refractivity contribution in [1.82, 2.24) is 25.0 Å². The van der Waals surface area contributed by atoms with E-state index in [1.54, 1.807) is 12.1 Å². The summed E-state index contributed by atoms with van der Waals surface area (Å²) >= 11 is 6.06. The summed E-state index contributed by atoms with van der Waals surface area (Å²) < 4.78 is 5.65. The predicted molar refractivity (Wildman–Crippen MR) is 98.3 cm³/mol. The quantitative estimate of drug-likeness (QED) is 0.763. The number of carbonyl (C=O) groups excluding carboxylic acids is 1. The van der Waals surface area contributed by atoms with Crippen molar-refractivity contribution < 1.29 is 9.21 Å². The van der Waals surface area contributed by atoms with Crippen molar-refractivity contribution in [3.05, 3.63) is 46.3 Å². The van der Waals surface area contributed by atoms with Crippen molar-refractivity contribution in [1.29, 1.82) is 0 Å². The van der Waals surface area contributed by atoms with Gasteiger partial charge in [0.25, 0.3) is 5.91 Å². The van der Waals surface area contributed by atoms with Crippen molar-refractivity contribution in [2.45, 2.75) is 20.4 Å². The molecule has 1 amide bonds. The lowest BCUT2D eigenvalue weighted by molar-refractivity contribution is 0.0614. The Kier molecular flexibility index (Phi) is 4.42. The number of hydrogen-bond donors (Lipinski definition) is 1. The second-order valence-corrected chi connectivity index (χ2v) is 7.02. The largest absolute Gasteiger partial charge is 0.444 e. The molecule has 0 saturated carbocycles. The molecule has 1 aliphatic rings. The van der Waals surface area contributed by atoms with Crippen LogP contribution in [0.2, 0.25) is 5.02 Å². The van der Waals surface area contributed by atoms with E-state index in [1.807, 2.05) is 24.8 Å². The van der Waals surface area contributed by atoms with E-state index in [4.69, 9.17) is 16.0 Å². The van der Waals surface area contributed by atoms with E-state index < -0.39 is 0 Å². The van der Waals surface area contributed by atoms with E-state index in [0.717, 1.165) is 41.3 Å². The number of rotatable bonds is 3. The van der Waals surface area contributed by atoms with Gasteiger partial charge in [-0.1, -0.05) is 11.6 Å². The number of aromatic amines is 1. The Morgan fingerprint density at radius 2 is 2.04 bits per heavy atom. The molecule has 1 N–H and O–H groups in total. The first kappa shape index (κ1) is 17.1. The minimum absolute atomic E-state index is 0.0685. The van der Waals surface area contributed by atoms with E-state index in [2.05, 4.69) is 20.1 Å². The fourth-order valence-corrected chi connectivity index (χ4v) is 3.38. The Balaban J connectivity index is 1.42. The van der Waals surface area contributed by atoms with Crippen molar-refractivity contribution in [2.75, 3.05) is 26.2 Å². The summed E-state index contributed by atoms with van der Waals surface area (Å²) in [5, 5.41) is 8.45. The Morgan fingerprint density at radius 3 is 2.73 bits per heavy atom. The summed E-state index contributed by atoms with van der Waals surface area (Å²) in [4.78, 5) is 21.4. The summed E-state index contributed by atoms with van der Waals surface area (Å²) in [6.45, 7) is 7.36. The number of halogens is 1. The zero-order valence-corrected chi connectivity index (χ0v) is 15.5. The number of oxazole rings is 1. The van der Waals surface area contributed by atoms with Gasteiger partial charge in [0.2, 0.25) is 5.89 Å². The molecule has 1 aromatic carbocycles. The molecule has 4 rings (SSSR count). The molecule has 26 heavy (non-hydrogen) atoms. The number of aryl methyl sites for hydroxylation is 2. The Hall–Kier alpha value is -2.38. The molecule has 0 unspecified atom stereocenters. The minimum Gasteiger partial charge on any atom is -0.444 e. The Bertz CT molecular complexity index is 936. The molecular formula is C18H20ClN5O2. The van der Waals surface area contributed by atoms with Crippen LogP contribution in [0.4, 0.5) is 0 Å². The number of H-pyrrole nitrogens is 1. The number of nitrogens with zero attached hydrogens (tertiary/aromatic N) is 4. The summed E-state index contributed by atoms with van der Waals surface area (Å²) in [6.07, 6.45) is 0. The summed E-state index contributed by atoms with van der Waals surface area (Å²) in [7, 11) is 0. The van der Waals surface area contributed by atoms with Crippen LogP contribution < -0.4 is 0 Å². The van der Waals surface area contributed by atoms with Gasteiger partial charge in [0, 0.05) is 36.6 Å². The highest BCUT2D eigenvalue weighted by Crippen LogP contribution is 2.22. The Morgan fingerprint density at radius 1 is 1.27 bits per heavy atom. The van der Waals surface area contributed by atoms with Gasteiger partial charge < -0.3 is 9.32 Å². The van der Waals surface area contributed by atoms with E-state index in [9.17, 15) is 4.79 Å². The van der Waals surface area contributed by atoms with Gasteiger partial charge in [-0.3, -0.25) is 14.8 Å². The Labute approximate surface area is 155 Å².